The van der Waals surface area contributed by atoms with E-state index < -0.39 is 6.09 Å². The van der Waals surface area contributed by atoms with Crippen LogP contribution in [-0.4, -0.2) is 47.6 Å². The van der Waals surface area contributed by atoms with Crippen molar-refractivity contribution in [1.29, 1.82) is 0 Å². The van der Waals surface area contributed by atoms with Crippen molar-refractivity contribution < 1.29 is 9.90 Å². The number of amides is 1. The summed E-state index contributed by atoms with van der Waals surface area (Å²) < 4.78 is 0.865. The normalized spacial score (nSPS) is 16.3. The van der Waals surface area contributed by atoms with Crippen LogP contribution in [-0.2, 0) is 0 Å². The molecule has 5 rings (SSSR count). The fourth-order valence-electron chi connectivity index (χ4n) is 3.77. The zero-order chi connectivity index (χ0) is 20.7. The molecule has 4 aromatic rings. The van der Waals surface area contributed by atoms with Gasteiger partial charge in [0.1, 0.15) is 11.3 Å². The average molecular weight is 465 g/mol. The Morgan fingerprint density at radius 2 is 1.90 bits per heavy atom. The summed E-state index contributed by atoms with van der Waals surface area (Å²) in [6.07, 6.45) is 5.91. The predicted molar refractivity (Wildman–Crippen MR) is 115 cm³/mol. The lowest BCUT2D eigenvalue weighted by molar-refractivity contribution is 0.139. The number of pyridine rings is 1. The number of carboxylic acid groups (broad SMARTS) is 1. The second kappa shape index (κ2) is 7.49. The highest BCUT2D eigenvalue weighted by atomic mass is 79.9. The molecule has 150 valence electrons. The number of benzene rings is 1. The van der Waals surface area contributed by atoms with Gasteiger partial charge < -0.3 is 10.1 Å². The van der Waals surface area contributed by atoms with Crippen molar-refractivity contribution in [2.75, 3.05) is 6.54 Å². The summed E-state index contributed by atoms with van der Waals surface area (Å²) >= 11 is 3.39. The van der Waals surface area contributed by atoms with Crippen LogP contribution in [0, 0.1) is 0 Å². The molecule has 0 spiro atoms. The van der Waals surface area contributed by atoms with Crippen molar-refractivity contribution in [1.82, 2.24) is 29.8 Å². The molecular formula is C21H17BrN6O2. The molecule has 1 saturated heterocycles. The minimum Gasteiger partial charge on any atom is -0.465 e. The third-order valence-electron chi connectivity index (χ3n) is 5.27. The lowest BCUT2D eigenvalue weighted by Gasteiger charge is -2.19. The number of hydrogen-bond donors (Lipinski definition) is 2. The molecule has 2 N–H and O–H groups in total. The van der Waals surface area contributed by atoms with Gasteiger partial charge in [0.15, 0.2) is 5.65 Å². The van der Waals surface area contributed by atoms with Crippen LogP contribution < -0.4 is 0 Å². The molecule has 0 radical (unpaired) electrons. The molecule has 1 aliphatic heterocycles. The number of H-pyrrole nitrogens is 1. The zero-order valence-electron chi connectivity index (χ0n) is 15.8. The van der Waals surface area contributed by atoms with Gasteiger partial charge in [-0.15, -0.1) is 0 Å². The first kappa shape index (κ1) is 18.7. The van der Waals surface area contributed by atoms with Crippen molar-refractivity contribution in [2.24, 2.45) is 0 Å². The Hall–Kier alpha value is -3.33. The zero-order valence-corrected chi connectivity index (χ0v) is 17.4. The van der Waals surface area contributed by atoms with Gasteiger partial charge in [0.2, 0.25) is 0 Å². The number of fused-ring (bicyclic) bond motifs is 1. The molecule has 30 heavy (non-hydrogen) atoms. The van der Waals surface area contributed by atoms with Crippen LogP contribution >= 0.6 is 15.9 Å². The first-order chi connectivity index (χ1) is 14.6. The van der Waals surface area contributed by atoms with Crippen molar-refractivity contribution in [2.45, 2.75) is 18.9 Å². The Morgan fingerprint density at radius 1 is 1.10 bits per heavy atom. The maximum Gasteiger partial charge on any atom is 0.407 e. The first-order valence-electron chi connectivity index (χ1n) is 9.52. The molecule has 1 atom stereocenters. The monoisotopic (exact) mass is 464 g/mol. The summed E-state index contributed by atoms with van der Waals surface area (Å²) in [7, 11) is 0. The summed E-state index contributed by atoms with van der Waals surface area (Å²) in [6.45, 7) is 0.545. The van der Waals surface area contributed by atoms with E-state index in [9.17, 15) is 9.90 Å². The molecule has 1 aliphatic rings. The van der Waals surface area contributed by atoms with Crippen LogP contribution in [0.3, 0.4) is 0 Å². The molecule has 1 amide bonds. The van der Waals surface area contributed by atoms with Crippen LogP contribution in [0.25, 0.3) is 33.7 Å². The molecule has 8 nitrogen and oxygen atoms in total. The Balaban J connectivity index is 1.40. The van der Waals surface area contributed by atoms with E-state index in [2.05, 4.69) is 40.8 Å². The SMILES string of the molecule is O=C(O)N1CCC[C@H]1c1ncc(-c2ccc(-c3cnc4cc(Br)cnc4n3)cc2)[nH]1. The Kier molecular flexibility index (Phi) is 4.66. The van der Waals surface area contributed by atoms with E-state index in [1.165, 1.54) is 4.90 Å². The molecule has 1 fully saturated rings. The fourth-order valence-corrected chi connectivity index (χ4v) is 4.09. The lowest BCUT2D eigenvalue weighted by atomic mass is 10.1. The van der Waals surface area contributed by atoms with Gasteiger partial charge in [0, 0.05) is 22.8 Å². The maximum absolute atomic E-state index is 11.4. The smallest absolute Gasteiger partial charge is 0.407 e. The van der Waals surface area contributed by atoms with Crippen molar-refractivity contribution in [3.8, 4) is 22.5 Å². The van der Waals surface area contributed by atoms with Gasteiger partial charge in [0.05, 0.1) is 29.8 Å². The Morgan fingerprint density at radius 3 is 2.70 bits per heavy atom. The maximum atomic E-state index is 11.4. The number of aromatic nitrogens is 5. The number of halogens is 1. The van der Waals surface area contributed by atoms with Gasteiger partial charge in [-0.05, 0) is 40.4 Å². The molecule has 0 saturated carbocycles. The van der Waals surface area contributed by atoms with E-state index in [0.29, 0.717) is 18.0 Å². The molecule has 1 aromatic carbocycles. The molecule has 9 heteroatoms. The first-order valence-corrected chi connectivity index (χ1v) is 10.3. The van der Waals surface area contributed by atoms with Crippen molar-refractivity contribution in [3.63, 3.8) is 0 Å². The number of nitrogens with zero attached hydrogens (tertiary/aromatic N) is 5. The highest BCUT2D eigenvalue weighted by molar-refractivity contribution is 9.10. The quantitative estimate of drug-likeness (QED) is 0.456. The fraction of sp³-hybridized carbons (Fsp3) is 0.190. The van der Waals surface area contributed by atoms with Gasteiger partial charge in [-0.3, -0.25) is 9.88 Å². The van der Waals surface area contributed by atoms with Gasteiger partial charge >= 0.3 is 6.09 Å². The second-order valence-corrected chi connectivity index (χ2v) is 8.06. The van der Waals surface area contributed by atoms with Crippen LogP contribution in [0.4, 0.5) is 4.79 Å². The van der Waals surface area contributed by atoms with E-state index in [4.69, 9.17) is 0 Å². The predicted octanol–water partition coefficient (Wildman–Crippen LogP) is 4.66. The Bertz CT molecular complexity index is 1240. The number of carbonyl (C=O) groups is 1. The summed E-state index contributed by atoms with van der Waals surface area (Å²) in [5.74, 6) is 0.687. The van der Waals surface area contributed by atoms with Crippen LogP contribution in [0.2, 0.25) is 0 Å². The summed E-state index contributed by atoms with van der Waals surface area (Å²) in [6, 6.07) is 9.59. The van der Waals surface area contributed by atoms with Gasteiger partial charge in [-0.1, -0.05) is 24.3 Å². The number of likely N-dealkylation sites (tertiary alicyclic amines) is 1. The minimum atomic E-state index is -0.904. The highest BCUT2D eigenvalue weighted by Crippen LogP contribution is 2.32. The largest absolute Gasteiger partial charge is 0.465 e. The minimum absolute atomic E-state index is 0.212. The number of aromatic amines is 1. The number of rotatable bonds is 3. The summed E-state index contributed by atoms with van der Waals surface area (Å²) in [5, 5.41) is 9.35. The van der Waals surface area contributed by atoms with Crippen LogP contribution in [0.15, 0.2) is 53.4 Å². The molecule has 0 bridgehead atoms. The lowest BCUT2D eigenvalue weighted by Crippen LogP contribution is -2.29. The number of imidazole rings is 1. The second-order valence-electron chi connectivity index (χ2n) is 7.14. The molecule has 3 aromatic heterocycles. The van der Waals surface area contributed by atoms with Gasteiger partial charge in [0.25, 0.3) is 0 Å². The topological polar surface area (TPSA) is 108 Å². The third-order valence-corrected chi connectivity index (χ3v) is 5.70. The van der Waals surface area contributed by atoms with Crippen LogP contribution in [0.5, 0.6) is 0 Å². The molecule has 4 heterocycles. The van der Waals surface area contributed by atoms with E-state index in [-0.39, 0.29) is 6.04 Å². The number of nitrogens with one attached hydrogen (secondary N) is 1. The van der Waals surface area contributed by atoms with Gasteiger partial charge in [-0.2, -0.15) is 0 Å². The molecular weight excluding hydrogens is 448 g/mol. The standard InChI is InChI=1S/C21H17BrN6O2/c22-14-8-15-19(24-9-14)26-16(10-23-15)12-3-5-13(6-4-12)17-11-25-20(27-17)18-2-1-7-28(18)21(29)30/h3-6,8-11,18H,1-2,7H2,(H,25,27)(H,29,30)/t18-/m0/s1. The van der Waals surface area contributed by atoms with E-state index in [1.807, 2.05) is 30.3 Å². The van der Waals surface area contributed by atoms with E-state index in [0.717, 1.165) is 45.3 Å². The highest BCUT2D eigenvalue weighted by Gasteiger charge is 2.31. The van der Waals surface area contributed by atoms with E-state index in [1.54, 1.807) is 18.6 Å². The Labute approximate surface area is 180 Å². The van der Waals surface area contributed by atoms with Crippen molar-refractivity contribution in [3.05, 3.63) is 59.2 Å². The molecule has 0 aliphatic carbocycles. The average Bonchev–Trinajstić information content (AvgIpc) is 3.43. The van der Waals surface area contributed by atoms with Crippen molar-refractivity contribution >= 4 is 33.2 Å². The van der Waals surface area contributed by atoms with Gasteiger partial charge in [-0.25, -0.2) is 19.7 Å². The van der Waals surface area contributed by atoms with E-state index >= 15 is 0 Å². The summed E-state index contributed by atoms with van der Waals surface area (Å²) in [4.78, 5) is 33.9. The number of hydrogen-bond acceptors (Lipinski definition) is 5. The summed E-state index contributed by atoms with van der Waals surface area (Å²) in [5.41, 5.74) is 4.83. The van der Waals surface area contributed by atoms with Crippen LogP contribution in [0.1, 0.15) is 24.7 Å². The molecule has 0 unspecified atom stereocenters. The third kappa shape index (κ3) is 3.41.